The summed E-state index contributed by atoms with van der Waals surface area (Å²) in [6.07, 6.45) is 2.19. The summed E-state index contributed by atoms with van der Waals surface area (Å²) in [6, 6.07) is 0. The SMILES string of the molecule is C=C(C)CCCOC. The topological polar surface area (TPSA) is 9.23 Å². The maximum absolute atomic E-state index is 4.85. The molecule has 0 rings (SSSR count). The second kappa shape index (κ2) is 4.85. The molecular formula is C7H14O. The number of allylic oxidation sites excluding steroid dienone is 1. The molecule has 8 heavy (non-hydrogen) atoms. The van der Waals surface area contributed by atoms with E-state index < -0.39 is 0 Å². The standard InChI is InChI=1S/C7H14O/c1-7(2)5-4-6-8-3/h1,4-6H2,2-3H3. The van der Waals surface area contributed by atoms with Gasteiger partial charge in [0.1, 0.15) is 0 Å². The van der Waals surface area contributed by atoms with Crippen molar-refractivity contribution in [2.45, 2.75) is 19.8 Å². The van der Waals surface area contributed by atoms with Crippen LogP contribution < -0.4 is 0 Å². The minimum atomic E-state index is 0.854. The van der Waals surface area contributed by atoms with E-state index in [0.29, 0.717) is 0 Å². The molecule has 0 aliphatic carbocycles. The average molecular weight is 114 g/mol. The lowest BCUT2D eigenvalue weighted by molar-refractivity contribution is 0.195. The molecule has 0 aromatic rings. The fourth-order valence-corrected chi connectivity index (χ4v) is 0.518. The van der Waals surface area contributed by atoms with Crippen LogP contribution in [-0.4, -0.2) is 13.7 Å². The summed E-state index contributed by atoms with van der Waals surface area (Å²) >= 11 is 0. The Morgan fingerprint density at radius 2 is 2.25 bits per heavy atom. The van der Waals surface area contributed by atoms with E-state index in [4.69, 9.17) is 4.74 Å². The van der Waals surface area contributed by atoms with Crippen molar-refractivity contribution in [2.24, 2.45) is 0 Å². The van der Waals surface area contributed by atoms with E-state index in [1.807, 2.05) is 6.92 Å². The van der Waals surface area contributed by atoms with Crippen molar-refractivity contribution in [2.75, 3.05) is 13.7 Å². The minimum absolute atomic E-state index is 0.854. The van der Waals surface area contributed by atoms with Crippen molar-refractivity contribution >= 4 is 0 Å². The molecule has 0 radical (unpaired) electrons. The minimum Gasteiger partial charge on any atom is -0.385 e. The first-order chi connectivity index (χ1) is 3.77. The van der Waals surface area contributed by atoms with E-state index in [2.05, 4.69) is 6.58 Å². The van der Waals surface area contributed by atoms with Gasteiger partial charge in [0.25, 0.3) is 0 Å². The van der Waals surface area contributed by atoms with Crippen molar-refractivity contribution in [3.8, 4) is 0 Å². The van der Waals surface area contributed by atoms with Crippen LogP contribution in [0.3, 0.4) is 0 Å². The molecule has 0 aliphatic rings. The Labute approximate surface area is 51.4 Å². The number of methoxy groups -OCH3 is 1. The van der Waals surface area contributed by atoms with Crippen molar-refractivity contribution in [1.82, 2.24) is 0 Å². The molecule has 0 atom stereocenters. The maximum atomic E-state index is 4.85. The highest BCUT2D eigenvalue weighted by Gasteiger charge is 1.84. The summed E-state index contributed by atoms with van der Waals surface area (Å²) in [5, 5.41) is 0. The molecule has 0 unspecified atom stereocenters. The second-order valence-corrected chi connectivity index (χ2v) is 2.05. The predicted molar refractivity (Wildman–Crippen MR) is 35.9 cm³/mol. The van der Waals surface area contributed by atoms with Gasteiger partial charge < -0.3 is 4.74 Å². The second-order valence-electron chi connectivity index (χ2n) is 2.05. The normalized spacial score (nSPS) is 9.25. The Morgan fingerprint density at radius 1 is 1.62 bits per heavy atom. The molecule has 0 saturated heterocycles. The van der Waals surface area contributed by atoms with Crippen LogP contribution in [0.15, 0.2) is 12.2 Å². The van der Waals surface area contributed by atoms with Gasteiger partial charge in [0.2, 0.25) is 0 Å². The number of rotatable bonds is 4. The summed E-state index contributed by atoms with van der Waals surface area (Å²) < 4.78 is 4.85. The van der Waals surface area contributed by atoms with Gasteiger partial charge in [-0.15, -0.1) is 6.58 Å². The lowest BCUT2D eigenvalue weighted by Gasteiger charge is -1.96. The predicted octanol–water partition coefficient (Wildman–Crippen LogP) is 1.99. The number of hydrogen-bond donors (Lipinski definition) is 0. The highest BCUT2D eigenvalue weighted by molar-refractivity contribution is 4.86. The summed E-state index contributed by atoms with van der Waals surface area (Å²) in [4.78, 5) is 0. The third-order valence-corrected chi connectivity index (χ3v) is 0.952. The van der Waals surface area contributed by atoms with Crippen LogP contribution in [-0.2, 0) is 4.74 Å². The van der Waals surface area contributed by atoms with Gasteiger partial charge in [-0.2, -0.15) is 0 Å². The zero-order valence-corrected chi connectivity index (χ0v) is 5.74. The zero-order chi connectivity index (χ0) is 6.41. The fourth-order valence-electron chi connectivity index (χ4n) is 0.518. The number of hydrogen-bond acceptors (Lipinski definition) is 1. The molecule has 0 saturated carbocycles. The van der Waals surface area contributed by atoms with E-state index in [1.54, 1.807) is 7.11 Å². The summed E-state index contributed by atoms with van der Waals surface area (Å²) in [7, 11) is 1.72. The Bertz CT molecular complexity index is 66.8. The van der Waals surface area contributed by atoms with E-state index >= 15 is 0 Å². The lowest BCUT2D eigenvalue weighted by Crippen LogP contribution is -1.87. The lowest BCUT2D eigenvalue weighted by atomic mass is 10.2. The molecule has 0 aromatic heterocycles. The quantitative estimate of drug-likeness (QED) is 0.401. The van der Waals surface area contributed by atoms with Crippen LogP contribution >= 0.6 is 0 Å². The average Bonchev–Trinajstić information content (AvgIpc) is 1.66. The first kappa shape index (κ1) is 7.70. The van der Waals surface area contributed by atoms with Crippen molar-refractivity contribution in [1.29, 1.82) is 0 Å². The van der Waals surface area contributed by atoms with E-state index in [-0.39, 0.29) is 0 Å². The molecular weight excluding hydrogens is 100 g/mol. The molecule has 0 aliphatic heterocycles. The highest BCUT2D eigenvalue weighted by atomic mass is 16.5. The van der Waals surface area contributed by atoms with Crippen LogP contribution in [0.1, 0.15) is 19.8 Å². The summed E-state index contributed by atoms with van der Waals surface area (Å²) in [6.45, 7) is 6.66. The Hall–Kier alpha value is -0.300. The third kappa shape index (κ3) is 5.70. The Balaban J connectivity index is 2.82. The van der Waals surface area contributed by atoms with Gasteiger partial charge in [-0.25, -0.2) is 0 Å². The molecule has 0 spiro atoms. The van der Waals surface area contributed by atoms with Crippen LogP contribution in [0.4, 0.5) is 0 Å². The van der Waals surface area contributed by atoms with Gasteiger partial charge in [-0.1, -0.05) is 5.57 Å². The van der Waals surface area contributed by atoms with Gasteiger partial charge in [-0.3, -0.25) is 0 Å². The van der Waals surface area contributed by atoms with Gasteiger partial charge in [0.05, 0.1) is 0 Å². The van der Waals surface area contributed by atoms with E-state index in [9.17, 15) is 0 Å². The van der Waals surface area contributed by atoms with Crippen LogP contribution in [0, 0.1) is 0 Å². The maximum Gasteiger partial charge on any atom is 0.0465 e. The molecule has 0 amide bonds. The molecule has 0 bridgehead atoms. The van der Waals surface area contributed by atoms with Crippen LogP contribution in [0.5, 0.6) is 0 Å². The summed E-state index contributed by atoms with van der Waals surface area (Å²) in [5.41, 5.74) is 1.24. The van der Waals surface area contributed by atoms with Gasteiger partial charge in [0, 0.05) is 13.7 Å². The first-order valence-electron chi connectivity index (χ1n) is 2.90. The Morgan fingerprint density at radius 3 is 2.62 bits per heavy atom. The smallest absolute Gasteiger partial charge is 0.0465 e. The van der Waals surface area contributed by atoms with Crippen LogP contribution in [0.25, 0.3) is 0 Å². The fraction of sp³-hybridized carbons (Fsp3) is 0.714. The van der Waals surface area contributed by atoms with E-state index in [1.165, 1.54) is 5.57 Å². The molecule has 48 valence electrons. The van der Waals surface area contributed by atoms with Crippen molar-refractivity contribution in [3.05, 3.63) is 12.2 Å². The molecule has 0 N–H and O–H groups in total. The summed E-state index contributed by atoms with van der Waals surface area (Å²) in [5.74, 6) is 0. The third-order valence-electron chi connectivity index (χ3n) is 0.952. The van der Waals surface area contributed by atoms with Crippen molar-refractivity contribution in [3.63, 3.8) is 0 Å². The number of ether oxygens (including phenoxy) is 1. The van der Waals surface area contributed by atoms with Gasteiger partial charge >= 0.3 is 0 Å². The van der Waals surface area contributed by atoms with Gasteiger partial charge in [0.15, 0.2) is 0 Å². The van der Waals surface area contributed by atoms with Crippen molar-refractivity contribution < 1.29 is 4.74 Å². The highest BCUT2D eigenvalue weighted by Crippen LogP contribution is 1.98. The molecule has 0 aromatic carbocycles. The first-order valence-corrected chi connectivity index (χ1v) is 2.90. The molecule has 1 nitrogen and oxygen atoms in total. The monoisotopic (exact) mass is 114 g/mol. The van der Waals surface area contributed by atoms with E-state index in [0.717, 1.165) is 19.4 Å². The largest absolute Gasteiger partial charge is 0.385 e. The Kier molecular flexibility index (Phi) is 4.67. The van der Waals surface area contributed by atoms with Gasteiger partial charge in [-0.05, 0) is 19.8 Å². The molecule has 1 heteroatoms. The van der Waals surface area contributed by atoms with Crippen LogP contribution in [0.2, 0.25) is 0 Å². The zero-order valence-electron chi connectivity index (χ0n) is 5.74. The molecule has 0 heterocycles. The molecule has 0 fully saturated rings.